The maximum absolute atomic E-state index is 12.1. The topological polar surface area (TPSA) is 83.5 Å². The van der Waals surface area contributed by atoms with Gasteiger partial charge in [0, 0.05) is 13.0 Å². The van der Waals surface area contributed by atoms with Crippen LogP contribution in [0.1, 0.15) is 51.0 Å². The first-order valence-electron chi connectivity index (χ1n) is 7.18. The lowest BCUT2D eigenvalue weighted by atomic mass is 9.99. The number of unbranched alkanes of at least 4 members (excludes halogenated alkanes) is 1. The maximum Gasteiger partial charge on any atom is 0.303 e. The van der Waals surface area contributed by atoms with Crippen LogP contribution in [0.5, 0.6) is 0 Å². The number of carboxylic acids is 1. The number of carboxylic acid groups (broad SMARTS) is 1. The van der Waals surface area contributed by atoms with Crippen molar-refractivity contribution in [3.8, 4) is 0 Å². The summed E-state index contributed by atoms with van der Waals surface area (Å²) in [4.78, 5) is 10.6. The highest BCUT2D eigenvalue weighted by Gasteiger charge is 2.13. The molecule has 118 valence electrons. The predicted molar refractivity (Wildman–Crippen MR) is 81.8 cm³/mol. The minimum atomic E-state index is -3.51. The second-order valence-corrected chi connectivity index (χ2v) is 6.89. The summed E-state index contributed by atoms with van der Waals surface area (Å²) in [6.07, 6.45) is 2.04. The van der Waals surface area contributed by atoms with Crippen LogP contribution in [-0.2, 0) is 14.8 Å². The molecule has 0 heterocycles. The fourth-order valence-electron chi connectivity index (χ4n) is 1.90. The van der Waals surface area contributed by atoms with Gasteiger partial charge in [0.2, 0.25) is 10.0 Å². The van der Waals surface area contributed by atoms with Crippen LogP contribution in [0.3, 0.4) is 0 Å². The highest BCUT2D eigenvalue weighted by Crippen LogP contribution is 2.20. The zero-order chi connectivity index (χ0) is 15.9. The van der Waals surface area contributed by atoms with E-state index in [0.29, 0.717) is 18.8 Å². The van der Waals surface area contributed by atoms with Crippen LogP contribution in [0.25, 0.3) is 0 Å². The Bertz CT molecular complexity index is 552. The number of hydrogen-bond acceptors (Lipinski definition) is 3. The van der Waals surface area contributed by atoms with Crippen LogP contribution in [0, 0.1) is 0 Å². The molecule has 0 saturated heterocycles. The lowest BCUT2D eigenvalue weighted by Crippen LogP contribution is -2.24. The number of nitrogens with one attached hydrogen (secondary N) is 1. The first-order chi connectivity index (χ1) is 9.86. The molecule has 0 bridgehead atoms. The molecule has 5 nitrogen and oxygen atoms in total. The molecule has 0 amide bonds. The Morgan fingerprint density at radius 2 is 1.86 bits per heavy atom. The van der Waals surface area contributed by atoms with Crippen molar-refractivity contribution in [2.45, 2.75) is 50.3 Å². The Balaban J connectivity index is 2.56. The van der Waals surface area contributed by atoms with E-state index in [9.17, 15) is 13.2 Å². The molecular formula is C15H23NO4S. The van der Waals surface area contributed by atoms with E-state index < -0.39 is 16.0 Å². The molecule has 6 heteroatoms. The van der Waals surface area contributed by atoms with E-state index >= 15 is 0 Å². The van der Waals surface area contributed by atoms with Gasteiger partial charge in [0.15, 0.2) is 0 Å². The van der Waals surface area contributed by atoms with Crippen molar-refractivity contribution in [3.63, 3.8) is 0 Å². The van der Waals surface area contributed by atoms with Crippen molar-refractivity contribution in [1.29, 1.82) is 0 Å². The van der Waals surface area contributed by atoms with E-state index in [-0.39, 0.29) is 17.9 Å². The van der Waals surface area contributed by atoms with Crippen molar-refractivity contribution in [2.24, 2.45) is 0 Å². The molecule has 2 N–H and O–H groups in total. The molecule has 1 unspecified atom stereocenters. The van der Waals surface area contributed by atoms with Crippen LogP contribution in [0.15, 0.2) is 29.2 Å². The summed E-state index contributed by atoms with van der Waals surface area (Å²) in [5.74, 6) is -0.454. The van der Waals surface area contributed by atoms with Gasteiger partial charge >= 0.3 is 5.97 Å². The molecule has 1 aromatic carbocycles. The maximum atomic E-state index is 12.1. The van der Waals surface area contributed by atoms with E-state index in [2.05, 4.69) is 18.6 Å². The van der Waals surface area contributed by atoms with Crippen molar-refractivity contribution >= 4 is 16.0 Å². The Morgan fingerprint density at radius 3 is 2.38 bits per heavy atom. The molecular weight excluding hydrogens is 290 g/mol. The molecule has 0 radical (unpaired) electrons. The molecule has 0 saturated carbocycles. The van der Waals surface area contributed by atoms with Crippen molar-refractivity contribution in [3.05, 3.63) is 29.8 Å². The molecule has 1 rings (SSSR count). The SMILES string of the molecule is CCC(C)c1ccc(S(=O)(=O)NCCCCC(=O)O)cc1. The first kappa shape index (κ1) is 17.7. The summed E-state index contributed by atoms with van der Waals surface area (Å²) < 4.78 is 26.6. The number of aliphatic carboxylic acids is 1. The van der Waals surface area contributed by atoms with Gasteiger partial charge in [0.25, 0.3) is 0 Å². The Hall–Kier alpha value is -1.40. The number of carbonyl (C=O) groups is 1. The summed E-state index contributed by atoms with van der Waals surface area (Å²) in [5, 5.41) is 8.50. The van der Waals surface area contributed by atoms with Gasteiger partial charge in [0.05, 0.1) is 4.90 Å². The van der Waals surface area contributed by atoms with E-state index in [1.54, 1.807) is 12.1 Å². The lowest BCUT2D eigenvalue weighted by molar-refractivity contribution is -0.137. The Kier molecular flexibility index (Phi) is 6.84. The third-order valence-corrected chi connectivity index (χ3v) is 4.96. The van der Waals surface area contributed by atoms with Gasteiger partial charge in [-0.3, -0.25) is 4.79 Å². The van der Waals surface area contributed by atoms with E-state index in [1.165, 1.54) is 0 Å². The third kappa shape index (κ3) is 5.85. The quantitative estimate of drug-likeness (QED) is 0.687. The largest absolute Gasteiger partial charge is 0.481 e. The van der Waals surface area contributed by atoms with Crippen molar-refractivity contribution in [1.82, 2.24) is 4.72 Å². The van der Waals surface area contributed by atoms with Crippen LogP contribution in [0.4, 0.5) is 0 Å². The molecule has 21 heavy (non-hydrogen) atoms. The Morgan fingerprint density at radius 1 is 1.24 bits per heavy atom. The van der Waals surface area contributed by atoms with E-state index in [0.717, 1.165) is 12.0 Å². The number of sulfonamides is 1. The highest BCUT2D eigenvalue weighted by atomic mass is 32.2. The average Bonchev–Trinajstić information content (AvgIpc) is 2.45. The zero-order valence-electron chi connectivity index (χ0n) is 12.5. The fraction of sp³-hybridized carbons (Fsp3) is 0.533. The van der Waals surface area contributed by atoms with Crippen LogP contribution in [-0.4, -0.2) is 26.0 Å². The van der Waals surface area contributed by atoms with Crippen molar-refractivity contribution in [2.75, 3.05) is 6.54 Å². The zero-order valence-corrected chi connectivity index (χ0v) is 13.3. The first-order valence-corrected chi connectivity index (χ1v) is 8.66. The number of rotatable bonds is 9. The normalized spacial score (nSPS) is 13.0. The smallest absolute Gasteiger partial charge is 0.303 e. The number of benzene rings is 1. The summed E-state index contributed by atoms with van der Waals surface area (Å²) in [6, 6.07) is 6.91. The number of hydrogen-bond donors (Lipinski definition) is 2. The van der Waals surface area contributed by atoms with Crippen LogP contribution >= 0.6 is 0 Å². The fourth-order valence-corrected chi connectivity index (χ4v) is 2.98. The predicted octanol–water partition coefficient (Wildman–Crippen LogP) is 2.73. The monoisotopic (exact) mass is 313 g/mol. The second-order valence-electron chi connectivity index (χ2n) is 5.13. The summed E-state index contributed by atoms with van der Waals surface area (Å²) in [6.45, 7) is 4.45. The molecule has 0 spiro atoms. The summed E-state index contributed by atoms with van der Waals surface area (Å²) in [7, 11) is -3.51. The van der Waals surface area contributed by atoms with Gasteiger partial charge in [-0.1, -0.05) is 26.0 Å². The standard InChI is InChI=1S/C15H23NO4S/c1-3-12(2)13-7-9-14(10-8-13)21(19,20)16-11-5-4-6-15(17)18/h7-10,12,16H,3-6,11H2,1-2H3,(H,17,18). The van der Waals surface area contributed by atoms with Crippen LogP contribution < -0.4 is 4.72 Å². The van der Waals surface area contributed by atoms with Gasteiger partial charge < -0.3 is 5.11 Å². The van der Waals surface area contributed by atoms with Gasteiger partial charge in [-0.25, -0.2) is 13.1 Å². The lowest BCUT2D eigenvalue weighted by Gasteiger charge is -2.10. The molecule has 0 aromatic heterocycles. The van der Waals surface area contributed by atoms with Gasteiger partial charge in [-0.2, -0.15) is 0 Å². The molecule has 0 aliphatic carbocycles. The van der Waals surface area contributed by atoms with Gasteiger partial charge in [0.1, 0.15) is 0 Å². The third-order valence-electron chi connectivity index (χ3n) is 3.48. The average molecular weight is 313 g/mol. The minimum absolute atomic E-state index is 0.0608. The molecule has 0 fully saturated rings. The van der Waals surface area contributed by atoms with E-state index in [4.69, 9.17) is 5.11 Å². The van der Waals surface area contributed by atoms with Crippen LogP contribution in [0.2, 0.25) is 0 Å². The summed E-state index contributed by atoms with van der Waals surface area (Å²) in [5.41, 5.74) is 1.12. The molecule has 0 aliphatic heterocycles. The molecule has 1 aromatic rings. The van der Waals surface area contributed by atoms with Gasteiger partial charge in [-0.05, 0) is 42.9 Å². The molecule has 1 atom stereocenters. The van der Waals surface area contributed by atoms with Crippen molar-refractivity contribution < 1.29 is 18.3 Å². The highest BCUT2D eigenvalue weighted by molar-refractivity contribution is 7.89. The Labute approximate surface area is 126 Å². The summed E-state index contributed by atoms with van der Waals surface area (Å²) >= 11 is 0. The second kappa shape index (κ2) is 8.14. The minimum Gasteiger partial charge on any atom is -0.481 e. The van der Waals surface area contributed by atoms with Gasteiger partial charge in [-0.15, -0.1) is 0 Å². The van der Waals surface area contributed by atoms with E-state index in [1.807, 2.05) is 12.1 Å². The molecule has 0 aliphatic rings.